The Kier molecular flexibility index (Phi) is 2.66. The molecule has 3 unspecified atom stereocenters. The number of carbonyl (C=O) groups is 1. The average molecular weight is 184 g/mol. The molecule has 1 saturated carbocycles. The summed E-state index contributed by atoms with van der Waals surface area (Å²) >= 11 is 0. The van der Waals surface area contributed by atoms with Crippen molar-refractivity contribution < 1.29 is 4.79 Å². The van der Waals surface area contributed by atoms with Crippen LogP contribution in [0.25, 0.3) is 0 Å². The van der Waals surface area contributed by atoms with E-state index >= 15 is 0 Å². The number of carbonyl (C=O) groups excluding carboxylic acids is 1. The second-order valence-corrected chi connectivity index (χ2v) is 5.10. The van der Waals surface area contributed by atoms with E-state index in [0.717, 1.165) is 6.42 Å². The summed E-state index contributed by atoms with van der Waals surface area (Å²) in [5.74, 6) is 0.172. The summed E-state index contributed by atoms with van der Waals surface area (Å²) in [7, 11) is 0. The van der Waals surface area contributed by atoms with E-state index in [2.05, 4.69) is 26.1 Å². The number of rotatable bonds is 2. The third-order valence-corrected chi connectivity index (χ3v) is 2.86. The molecule has 76 valence electrons. The highest BCUT2D eigenvalue weighted by Crippen LogP contribution is 2.27. The van der Waals surface area contributed by atoms with E-state index in [1.807, 2.05) is 6.92 Å². The highest BCUT2D eigenvalue weighted by atomic mass is 16.2. The first-order valence-corrected chi connectivity index (χ1v) is 4.88. The van der Waals surface area contributed by atoms with Crippen molar-refractivity contribution in [3.63, 3.8) is 0 Å². The van der Waals surface area contributed by atoms with Crippen molar-refractivity contribution >= 4 is 5.91 Å². The van der Waals surface area contributed by atoms with Gasteiger partial charge in [0.25, 0.3) is 0 Å². The van der Waals surface area contributed by atoms with Crippen molar-refractivity contribution in [3.05, 3.63) is 0 Å². The lowest BCUT2D eigenvalue weighted by Crippen LogP contribution is -2.38. The number of hydrogen-bond acceptors (Lipinski definition) is 2. The fourth-order valence-electron chi connectivity index (χ4n) is 1.08. The molecule has 0 aromatic carbocycles. The van der Waals surface area contributed by atoms with Crippen molar-refractivity contribution in [2.75, 3.05) is 0 Å². The standard InChI is InChI=1S/C10H20N2O/c1-6(10(2,3)4)9(13)12-8-5-7(8)11/h6-8H,5,11H2,1-4H3,(H,12,13). The summed E-state index contributed by atoms with van der Waals surface area (Å²) in [6.45, 7) is 8.18. The second-order valence-electron chi connectivity index (χ2n) is 5.10. The van der Waals surface area contributed by atoms with Gasteiger partial charge in [0, 0.05) is 18.0 Å². The number of hydrogen-bond donors (Lipinski definition) is 2. The molecule has 0 aromatic rings. The molecule has 3 N–H and O–H groups in total. The Morgan fingerprint density at radius 2 is 2.00 bits per heavy atom. The van der Waals surface area contributed by atoms with E-state index in [9.17, 15) is 4.79 Å². The summed E-state index contributed by atoms with van der Waals surface area (Å²) in [6, 6.07) is 0.424. The fourth-order valence-corrected chi connectivity index (χ4v) is 1.08. The number of nitrogens with two attached hydrogens (primary N) is 1. The molecular weight excluding hydrogens is 164 g/mol. The third kappa shape index (κ3) is 2.69. The van der Waals surface area contributed by atoms with Crippen LogP contribution < -0.4 is 11.1 Å². The van der Waals surface area contributed by atoms with Crippen LogP contribution in [0.4, 0.5) is 0 Å². The Balaban J connectivity index is 2.39. The first kappa shape index (κ1) is 10.5. The summed E-state index contributed by atoms with van der Waals surface area (Å²) in [5.41, 5.74) is 5.64. The molecule has 1 aliphatic rings. The van der Waals surface area contributed by atoms with Gasteiger partial charge in [-0.05, 0) is 11.8 Å². The van der Waals surface area contributed by atoms with Crippen LogP contribution in [-0.2, 0) is 4.79 Å². The molecule has 0 bridgehead atoms. The van der Waals surface area contributed by atoms with Gasteiger partial charge in [-0.2, -0.15) is 0 Å². The van der Waals surface area contributed by atoms with Gasteiger partial charge in [0.1, 0.15) is 0 Å². The molecule has 13 heavy (non-hydrogen) atoms. The van der Waals surface area contributed by atoms with Crippen LogP contribution in [0.1, 0.15) is 34.1 Å². The molecule has 0 heterocycles. The number of nitrogens with one attached hydrogen (secondary N) is 1. The topological polar surface area (TPSA) is 55.1 Å². The lowest BCUT2D eigenvalue weighted by atomic mass is 9.81. The van der Waals surface area contributed by atoms with Gasteiger partial charge in [0.05, 0.1) is 0 Å². The Labute approximate surface area is 80.1 Å². The molecule has 0 saturated heterocycles. The van der Waals surface area contributed by atoms with Gasteiger partial charge in [-0.15, -0.1) is 0 Å². The maximum Gasteiger partial charge on any atom is 0.223 e. The Hall–Kier alpha value is -0.570. The van der Waals surface area contributed by atoms with Crippen LogP contribution >= 0.6 is 0 Å². The zero-order chi connectivity index (χ0) is 10.2. The van der Waals surface area contributed by atoms with Gasteiger partial charge in [-0.25, -0.2) is 0 Å². The molecule has 1 amide bonds. The lowest BCUT2D eigenvalue weighted by molar-refractivity contribution is -0.127. The normalized spacial score (nSPS) is 29.6. The molecule has 3 nitrogen and oxygen atoms in total. The molecule has 1 rings (SSSR count). The first-order valence-electron chi connectivity index (χ1n) is 4.88. The maximum absolute atomic E-state index is 11.6. The lowest BCUT2D eigenvalue weighted by Gasteiger charge is -2.26. The van der Waals surface area contributed by atoms with Gasteiger partial charge in [0.15, 0.2) is 0 Å². The highest BCUT2D eigenvalue weighted by Gasteiger charge is 2.37. The maximum atomic E-state index is 11.6. The predicted octanol–water partition coefficient (Wildman–Crippen LogP) is 0.884. The van der Waals surface area contributed by atoms with E-state index in [1.54, 1.807) is 0 Å². The van der Waals surface area contributed by atoms with Crippen molar-refractivity contribution in [2.24, 2.45) is 17.1 Å². The molecule has 3 atom stereocenters. The van der Waals surface area contributed by atoms with Crippen molar-refractivity contribution in [3.8, 4) is 0 Å². The zero-order valence-electron chi connectivity index (χ0n) is 8.92. The fraction of sp³-hybridized carbons (Fsp3) is 0.900. The van der Waals surface area contributed by atoms with Crippen LogP contribution in [0.2, 0.25) is 0 Å². The third-order valence-electron chi connectivity index (χ3n) is 2.86. The van der Waals surface area contributed by atoms with Crippen molar-refractivity contribution in [1.82, 2.24) is 5.32 Å². The minimum atomic E-state index is 0.0308. The summed E-state index contributed by atoms with van der Waals surface area (Å²) in [4.78, 5) is 11.6. The molecule has 1 aliphatic carbocycles. The Morgan fingerprint density at radius 3 is 2.31 bits per heavy atom. The quantitative estimate of drug-likeness (QED) is 0.669. The van der Waals surface area contributed by atoms with Gasteiger partial charge in [-0.1, -0.05) is 27.7 Å². The van der Waals surface area contributed by atoms with Crippen molar-refractivity contribution in [1.29, 1.82) is 0 Å². The Bertz CT molecular complexity index is 207. The number of amides is 1. The van der Waals surface area contributed by atoms with Gasteiger partial charge in [-0.3, -0.25) is 4.79 Å². The monoisotopic (exact) mass is 184 g/mol. The van der Waals surface area contributed by atoms with E-state index in [0.29, 0.717) is 0 Å². The minimum absolute atomic E-state index is 0.0308. The van der Waals surface area contributed by atoms with E-state index in [1.165, 1.54) is 0 Å². The molecule has 3 heteroatoms. The van der Waals surface area contributed by atoms with Gasteiger partial charge >= 0.3 is 0 Å². The van der Waals surface area contributed by atoms with E-state index < -0.39 is 0 Å². The molecular formula is C10H20N2O. The minimum Gasteiger partial charge on any atom is -0.352 e. The Morgan fingerprint density at radius 1 is 1.54 bits per heavy atom. The predicted molar refractivity (Wildman–Crippen MR) is 53.1 cm³/mol. The van der Waals surface area contributed by atoms with Crippen molar-refractivity contribution in [2.45, 2.75) is 46.2 Å². The van der Waals surface area contributed by atoms with E-state index in [-0.39, 0.29) is 29.3 Å². The first-order chi connectivity index (χ1) is 5.82. The largest absolute Gasteiger partial charge is 0.352 e. The molecule has 0 spiro atoms. The van der Waals surface area contributed by atoms with Crippen LogP contribution in [0.15, 0.2) is 0 Å². The zero-order valence-corrected chi connectivity index (χ0v) is 8.92. The average Bonchev–Trinajstić information content (AvgIpc) is 2.63. The molecule has 0 aromatic heterocycles. The molecule has 0 aliphatic heterocycles. The summed E-state index contributed by atoms with van der Waals surface area (Å²) < 4.78 is 0. The smallest absolute Gasteiger partial charge is 0.223 e. The summed E-state index contributed by atoms with van der Waals surface area (Å²) in [6.07, 6.45) is 0.933. The van der Waals surface area contributed by atoms with Crippen LogP contribution in [0, 0.1) is 11.3 Å². The SMILES string of the molecule is CC(C(=O)NC1CC1N)C(C)(C)C. The van der Waals surface area contributed by atoms with Crippen LogP contribution in [-0.4, -0.2) is 18.0 Å². The van der Waals surface area contributed by atoms with Crippen LogP contribution in [0.3, 0.4) is 0 Å². The van der Waals surface area contributed by atoms with E-state index in [4.69, 9.17) is 5.73 Å². The van der Waals surface area contributed by atoms with Gasteiger partial charge in [0.2, 0.25) is 5.91 Å². The van der Waals surface area contributed by atoms with Gasteiger partial charge < -0.3 is 11.1 Å². The molecule has 0 radical (unpaired) electrons. The second kappa shape index (κ2) is 3.29. The summed E-state index contributed by atoms with van der Waals surface area (Å²) in [5, 5.41) is 2.95. The van der Waals surface area contributed by atoms with Crippen LogP contribution in [0.5, 0.6) is 0 Å². The molecule has 1 fully saturated rings. The highest BCUT2D eigenvalue weighted by molar-refractivity contribution is 5.79.